The Balaban J connectivity index is 2.06. The lowest BCUT2D eigenvalue weighted by Gasteiger charge is -2.08. The number of hydrogen-bond acceptors (Lipinski definition) is 6. The lowest BCUT2D eigenvalue weighted by molar-refractivity contribution is -0.136. The Hall–Kier alpha value is -2.90. The number of rotatable bonds is 5. The minimum atomic E-state index is -0.936. The highest BCUT2D eigenvalue weighted by molar-refractivity contribution is 5.95. The van der Waals surface area contributed by atoms with Crippen molar-refractivity contribution in [1.82, 2.24) is 15.6 Å². The first kappa shape index (κ1) is 13.5. The van der Waals surface area contributed by atoms with Gasteiger partial charge in [-0.25, -0.2) is 4.63 Å². The summed E-state index contributed by atoms with van der Waals surface area (Å²) >= 11 is 0. The molecule has 8 heteroatoms. The quantitative estimate of drug-likeness (QED) is 0.711. The van der Waals surface area contributed by atoms with Gasteiger partial charge in [0.05, 0.1) is 6.42 Å². The minimum Gasteiger partial charge on any atom is -0.481 e. The molecular formula is C12H12N4O4. The van der Waals surface area contributed by atoms with E-state index in [1.54, 1.807) is 24.3 Å². The number of carbonyl (C=O) groups excluding carboxylic acids is 1. The molecule has 2 rings (SSSR count). The summed E-state index contributed by atoms with van der Waals surface area (Å²) in [7, 11) is 0. The van der Waals surface area contributed by atoms with E-state index in [4.69, 9.17) is 10.8 Å². The fourth-order valence-electron chi connectivity index (χ4n) is 1.68. The third kappa shape index (κ3) is 3.10. The predicted octanol–water partition coefficient (Wildman–Crippen LogP) is 0.209. The number of nitrogens with two attached hydrogens (primary N) is 1. The number of nitrogens with one attached hydrogen (secondary N) is 1. The van der Waals surface area contributed by atoms with Crippen LogP contribution < -0.4 is 11.1 Å². The number of carboxylic acids is 1. The second-order valence-electron chi connectivity index (χ2n) is 4.02. The van der Waals surface area contributed by atoms with Gasteiger partial charge in [-0.3, -0.25) is 9.59 Å². The van der Waals surface area contributed by atoms with Crippen LogP contribution >= 0.6 is 0 Å². The Morgan fingerprint density at radius 1 is 1.25 bits per heavy atom. The van der Waals surface area contributed by atoms with Crippen LogP contribution in [0.25, 0.3) is 0 Å². The van der Waals surface area contributed by atoms with Gasteiger partial charge < -0.3 is 16.2 Å². The van der Waals surface area contributed by atoms with E-state index in [9.17, 15) is 9.59 Å². The fourth-order valence-corrected chi connectivity index (χ4v) is 1.68. The van der Waals surface area contributed by atoms with E-state index in [1.807, 2.05) is 0 Å². The van der Waals surface area contributed by atoms with Crippen LogP contribution in [-0.4, -0.2) is 27.3 Å². The molecule has 0 saturated carbocycles. The zero-order valence-electron chi connectivity index (χ0n) is 10.4. The Morgan fingerprint density at radius 3 is 2.55 bits per heavy atom. The second kappa shape index (κ2) is 5.83. The maximum atomic E-state index is 11.8. The molecular weight excluding hydrogens is 264 g/mol. The summed E-state index contributed by atoms with van der Waals surface area (Å²) < 4.78 is 4.33. The summed E-state index contributed by atoms with van der Waals surface area (Å²) in [5.41, 5.74) is 6.64. The van der Waals surface area contributed by atoms with Crippen LogP contribution in [0.15, 0.2) is 28.9 Å². The highest BCUT2D eigenvalue weighted by Gasteiger charge is 2.16. The second-order valence-corrected chi connectivity index (χ2v) is 4.02. The molecule has 0 saturated heterocycles. The number of nitrogen functional groups attached to an aromatic ring is 1. The van der Waals surface area contributed by atoms with Gasteiger partial charge in [-0.05, 0) is 21.4 Å². The highest BCUT2D eigenvalue weighted by Crippen LogP contribution is 2.10. The standard InChI is InChI=1S/C12H12N4O4/c13-11-10(15-20-16-11)12(19)14-6-8-4-2-1-3-7(8)5-9(17)18/h1-4H,5-6H2,(H2,13,16)(H,14,19)(H,17,18). The molecule has 20 heavy (non-hydrogen) atoms. The van der Waals surface area contributed by atoms with Crippen LogP contribution in [0.5, 0.6) is 0 Å². The van der Waals surface area contributed by atoms with Gasteiger partial charge >= 0.3 is 5.97 Å². The molecule has 2 aromatic rings. The van der Waals surface area contributed by atoms with Gasteiger partial charge in [0.15, 0.2) is 0 Å². The normalized spacial score (nSPS) is 10.2. The van der Waals surface area contributed by atoms with Gasteiger partial charge in [0.1, 0.15) is 0 Å². The first-order valence-corrected chi connectivity index (χ1v) is 5.72. The highest BCUT2D eigenvalue weighted by atomic mass is 16.6. The molecule has 8 nitrogen and oxygen atoms in total. The Kier molecular flexibility index (Phi) is 3.94. The molecule has 0 aliphatic heterocycles. The summed E-state index contributed by atoms with van der Waals surface area (Å²) in [5, 5.41) is 18.1. The molecule has 1 aromatic heterocycles. The molecule has 0 bridgehead atoms. The topological polar surface area (TPSA) is 131 Å². The summed E-state index contributed by atoms with van der Waals surface area (Å²) in [6, 6.07) is 6.94. The summed E-state index contributed by atoms with van der Waals surface area (Å²) in [5.74, 6) is -1.57. The number of hydrogen-bond donors (Lipinski definition) is 3. The van der Waals surface area contributed by atoms with Crippen LogP contribution in [0, 0.1) is 0 Å². The molecule has 1 aromatic carbocycles. The number of carbonyl (C=O) groups is 2. The third-order valence-electron chi connectivity index (χ3n) is 2.63. The van der Waals surface area contributed by atoms with Crippen molar-refractivity contribution in [3.63, 3.8) is 0 Å². The van der Waals surface area contributed by atoms with Gasteiger partial charge in [-0.1, -0.05) is 24.3 Å². The van der Waals surface area contributed by atoms with Crippen LogP contribution in [0.2, 0.25) is 0 Å². The molecule has 0 aliphatic carbocycles. The van der Waals surface area contributed by atoms with Crippen molar-refractivity contribution in [3.8, 4) is 0 Å². The van der Waals surface area contributed by atoms with Crippen molar-refractivity contribution < 1.29 is 19.3 Å². The summed E-state index contributed by atoms with van der Waals surface area (Å²) in [4.78, 5) is 22.5. The zero-order chi connectivity index (χ0) is 14.5. The molecule has 0 aliphatic rings. The molecule has 4 N–H and O–H groups in total. The smallest absolute Gasteiger partial charge is 0.307 e. The Bertz CT molecular complexity index is 638. The first-order chi connectivity index (χ1) is 9.58. The van der Waals surface area contributed by atoms with Crippen molar-refractivity contribution in [2.45, 2.75) is 13.0 Å². The average Bonchev–Trinajstić information content (AvgIpc) is 2.83. The van der Waals surface area contributed by atoms with E-state index in [0.717, 1.165) is 0 Å². The number of aromatic nitrogens is 2. The lowest BCUT2D eigenvalue weighted by atomic mass is 10.0. The molecule has 0 spiro atoms. The molecule has 1 amide bonds. The van der Waals surface area contributed by atoms with Crippen molar-refractivity contribution in [3.05, 3.63) is 41.1 Å². The van der Waals surface area contributed by atoms with E-state index in [-0.39, 0.29) is 24.5 Å². The van der Waals surface area contributed by atoms with Crippen LogP contribution in [0.3, 0.4) is 0 Å². The number of carboxylic acid groups (broad SMARTS) is 1. The van der Waals surface area contributed by atoms with E-state index in [2.05, 4.69) is 20.3 Å². The van der Waals surface area contributed by atoms with Gasteiger partial charge in [-0.2, -0.15) is 0 Å². The van der Waals surface area contributed by atoms with Crippen molar-refractivity contribution in [1.29, 1.82) is 0 Å². The molecule has 1 heterocycles. The molecule has 0 atom stereocenters. The number of benzene rings is 1. The fraction of sp³-hybridized carbons (Fsp3) is 0.167. The van der Waals surface area contributed by atoms with Crippen molar-refractivity contribution in [2.24, 2.45) is 0 Å². The van der Waals surface area contributed by atoms with E-state index in [0.29, 0.717) is 11.1 Å². The average molecular weight is 276 g/mol. The van der Waals surface area contributed by atoms with Crippen LogP contribution in [0.4, 0.5) is 5.82 Å². The van der Waals surface area contributed by atoms with Crippen molar-refractivity contribution >= 4 is 17.7 Å². The van der Waals surface area contributed by atoms with E-state index >= 15 is 0 Å². The predicted molar refractivity (Wildman–Crippen MR) is 67.7 cm³/mol. The number of nitrogens with zero attached hydrogens (tertiary/aromatic N) is 2. The largest absolute Gasteiger partial charge is 0.481 e. The van der Waals surface area contributed by atoms with E-state index < -0.39 is 11.9 Å². The zero-order valence-corrected chi connectivity index (χ0v) is 10.4. The van der Waals surface area contributed by atoms with E-state index in [1.165, 1.54) is 0 Å². The maximum Gasteiger partial charge on any atom is 0.307 e. The van der Waals surface area contributed by atoms with Crippen LogP contribution in [0.1, 0.15) is 21.6 Å². The number of amides is 1. The van der Waals surface area contributed by atoms with Gasteiger partial charge in [0, 0.05) is 6.54 Å². The number of anilines is 1. The molecule has 0 unspecified atom stereocenters. The molecule has 0 radical (unpaired) electrons. The van der Waals surface area contributed by atoms with Gasteiger partial charge in [-0.15, -0.1) is 0 Å². The Labute approximate surface area is 113 Å². The monoisotopic (exact) mass is 276 g/mol. The Morgan fingerprint density at radius 2 is 1.95 bits per heavy atom. The number of aliphatic carboxylic acids is 1. The summed E-state index contributed by atoms with van der Waals surface area (Å²) in [6.45, 7) is 0.161. The van der Waals surface area contributed by atoms with Gasteiger partial charge in [0.25, 0.3) is 5.91 Å². The first-order valence-electron chi connectivity index (χ1n) is 5.72. The van der Waals surface area contributed by atoms with Crippen molar-refractivity contribution in [2.75, 3.05) is 5.73 Å². The van der Waals surface area contributed by atoms with Gasteiger partial charge in [0.2, 0.25) is 11.5 Å². The minimum absolute atomic E-state index is 0.0960. The van der Waals surface area contributed by atoms with Crippen LogP contribution in [-0.2, 0) is 17.8 Å². The SMILES string of the molecule is Nc1nonc1C(=O)NCc1ccccc1CC(=O)O. The summed E-state index contributed by atoms with van der Waals surface area (Å²) in [6.07, 6.45) is -0.111. The molecule has 104 valence electrons. The third-order valence-corrected chi connectivity index (χ3v) is 2.63. The maximum absolute atomic E-state index is 11.8. The molecule has 0 fully saturated rings. The lowest BCUT2D eigenvalue weighted by Crippen LogP contribution is -2.24.